The Morgan fingerprint density at radius 3 is 2.66 bits per heavy atom. The van der Waals surface area contributed by atoms with Crippen molar-refractivity contribution in [2.75, 3.05) is 0 Å². The predicted molar refractivity (Wildman–Crippen MR) is 175 cm³/mol. The monoisotopic (exact) mass is 605 g/mol. The van der Waals surface area contributed by atoms with Gasteiger partial charge in [0.15, 0.2) is 0 Å². The first-order valence-electron chi connectivity index (χ1n) is 18.3. The van der Waals surface area contributed by atoms with Crippen LogP contribution < -0.4 is 0 Å². The van der Waals surface area contributed by atoms with Crippen molar-refractivity contribution in [2.24, 2.45) is 46.3 Å². The smallest absolute Gasteiger partial charge is 0.331 e. The Kier molecular flexibility index (Phi) is 9.49. The topological polar surface area (TPSA) is 77.2 Å². The Bertz CT molecular complexity index is 1210. The number of carbonyl (C=O) groups is 1. The maximum Gasteiger partial charge on any atom is 0.331 e. The molecular formula is C38H59N3O3. The molecule has 1 unspecified atom stereocenters. The lowest BCUT2D eigenvalue weighted by Crippen LogP contribution is -2.56. The zero-order valence-corrected chi connectivity index (χ0v) is 28.2. The van der Waals surface area contributed by atoms with Crippen molar-refractivity contribution >= 4 is 12.0 Å². The van der Waals surface area contributed by atoms with Gasteiger partial charge in [-0.05, 0) is 98.4 Å². The summed E-state index contributed by atoms with van der Waals surface area (Å²) in [7, 11) is 0. The second kappa shape index (κ2) is 13.0. The van der Waals surface area contributed by atoms with Crippen LogP contribution >= 0.6 is 0 Å². The highest BCUT2D eigenvalue weighted by atomic mass is 16.5. The van der Waals surface area contributed by atoms with E-state index in [2.05, 4.69) is 51.0 Å². The number of carbonyl (C=O) groups excluding carboxylic acids is 1. The van der Waals surface area contributed by atoms with E-state index in [1.165, 1.54) is 75.9 Å². The summed E-state index contributed by atoms with van der Waals surface area (Å²) >= 11 is 0. The number of aromatic nitrogens is 3. The van der Waals surface area contributed by atoms with Crippen LogP contribution in [0.25, 0.3) is 6.08 Å². The summed E-state index contributed by atoms with van der Waals surface area (Å²) in [5.41, 5.74) is 2.23. The number of esters is 1. The van der Waals surface area contributed by atoms with Crippen LogP contribution in [0.1, 0.15) is 143 Å². The minimum Gasteiger partial charge on any atom is -0.458 e. The number of hydrogen-bond donors (Lipinski definition) is 1. The van der Waals surface area contributed by atoms with Crippen LogP contribution in [0.15, 0.2) is 23.9 Å². The maximum atomic E-state index is 13.3. The molecule has 1 N–H and O–H groups in total. The highest BCUT2D eigenvalue weighted by molar-refractivity contribution is 5.86. The average molecular weight is 606 g/mol. The van der Waals surface area contributed by atoms with E-state index in [0.29, 0.717) is 41.8 Å². The third-order valence-electron chi connectivity index (χ3n) is 13.5. The van der Waals surface area contributed by atoms with Gasteiger partial charge >= 0.3 is 5.97 Å². The van der Waals surface area contributed by atoms with Crippen LogP contribution in [-0.4, -0.2) is 38.3 Å². The molecule has 0 spiro atoms. The van der Waals surface area contributed by atoms with Gasteiger partial charge < -0.3 is 9.84 Å². The predicted octanol–water partition coefficient (Wildman–Crippen LogP) is 8.72. The van der Waals surface area contributed by atoms with Gasteiger partial charge in [-0.2, -0.15) is 0 Å². The number of aliphatic hydroxyl groups excluding tert-OH is 1. The molecule has 0 aromatic carbocycles. The summed E-state index contributed by atoms with van der Waals surface area (Å²) in [6.45, 7) is 12.2. The van der Waals surface area contributed by atoms with E-state index < -0.39 is 6.10 Å². The molecule has 6 nitrogen and oxygen atoms in total. The van der Waals surface area contributed by atoms with E-state index in [-0.39, 0.29) is 17.5 Å². The molecule has 4 fully saturated rings. The molecule has 0 amide bonds. The van der Waals surface area contributed by atoms with Gasteiger partial charge in [-0.25, -0.2) is 9.48 Å². The Morgan fingerprint density at radius 2 is 1.89 bits per heavy atom. The fraction of sp³-hybridized carbons (Fsp3) is 0.816. The molecule has 1 heterocycles. The van der Waals surface area contributed by atoms with Gasteiger partial charge in [0.1, 0.15) is 11.8 Å². The summed E-state index contributed by atoms with van der Waals surface area (Å²) in [5.74, 6) is 3.94. The van der Waals surface area contributed by atoms with Gasteiger partial charge in [0, 0.05) is 17.9 Å². The molecule has 244 valence electrons. The van der Waals surface area contributed by atoms with E-state index in [1.54, 1.807) is 6.08 Å². The van der Waals surface area contributed by atoms with Crippen LogP contribution in [-0.2, 0) is 9.53 Å². The van der Waals surface area contributed by atoms with Gasteiger partial charge in [0.25, 0.3) is 0 Å². The third kappa shape index (κ3) is 6.10. The van der Waals surface area contributed by atoms with E-state index in [4.69, 9.17) is 4.74 Å². The zero-order chi connectivity index (χ0) is 31.1. The molecule has 0 radical (unpaired) electrons. The second-order valence-corrected chi connectivity index (χ2v) is 16.4. The van der Waals surface area contributed by atoms with E-state index in [0.717, 1.165) is 42.9 Å². The Balaban J connectivity index is 1.15. The first kappa shape index (κ1) is 32.0. The Hall–Kier alpha value is -1.95. The van der Waals surface area contributed by atoms with Crippen LogP contribution in [0.5, 0.6) is 0 Å². The maximum absolute atomic E-state index is 13.3. The van der Waals surface area contributed by atoms with Crippen molar-refractivity contribution in [2.45, 2.75) is 149 Å². The summed E-state index contributed by atoms with van der Waals surface area (Å²) in [5, 5.41) is 19.5. The largest absolute Gasteiger partial charge is 0.458 e. The first-order valence-corrected chi connectivity index (χ1v) is 18.3. The van der Waals surface area contributed by atoms with Crippen molar-refractivity contribution in [3.8, 4) is 0 Å². The summed E-state index contributed by atoms with van der Waals surface area (Å²) in [4.78, 5) is 13.3. The third-order valence-corrected chi connectivity index (χ3v) is 13.5. The normalized spacial score (nSPS) is 38.2. The number of rotatable bonds is 9. The number of aliphatic hydroxyl groups is 1. The molecule has 0 saturated heterocycles. The highest BCUT2D eigenvalue weighted by Crippen LogP contribution is 2.67. The van der Waals surface area contributed by atoms with Crippen molar-refractivity contribution in [1.29, 1.82) is 0 Å². The minimum absolute atomic E-state index is 0.210. The van der Waals surface area contributed by atoms with Crippen molar-refractivity contribution in [3.05, 3.63) is 29.6 Å². The standard InChI is InChI=1S/C38H59N3O3/c1-25(2)10-9-11-26(3)32-17-18-33-31-16-14-27-22-30(42)23-35(38(27,5)34(31)20-21-37(32,33)4)44-36(43)19-15-28-24-41(40-39-28)29-12-7-6-8-13-29/h14-15,19,24-26,29-35,42H,6-13,16-18,20-23H2,1-5H3/b19-15-/t26-,30+,31+,32-,33+,34+,35?,37-,38+/m1/s1. The van der Waals surface area contributed by atoms with E-state index in [1.807, 2.05) is 10.9 Å². The highest BCUT2D eigenvalue weighted by Gasteiger charge is 2.61. The van der Waals surface area contributed by atoms with Crippen LogP contribution in [0.4, 0.5) is 0 Å². The fourth-order valence-electron chi connectivity index (χ4n) is 11.1. The molecule has 6 rings (SSSR count). The molecule has 1 aromatic rings. The van der Waals surface area contributed by atoms with Gasteiger partial charge in [0.2, 0.25) is 0 Å². The molecule has 1 aromatic heterocycles. The molecule has 0 aliphatic heterocycles. The van der Waals surface area contributed by atoms with Crippen LogP contribution in [0, 0.1) is 46.3 Å². The number of nitrogens with zero attached hydrogens (tertiary/aromatic N) is 3. The van der Waals surface area contributed by atoms with Crippen LogP contribution in [0.3, 0.4) is 0 Å². The summed E-state index contributed by atoms with van der Waals surface area (Å²) < 4.78 is 8.28. The fourth-order valence-corrected chi connectivity index (χ4v) is 11.1. The lowest BCUT2D eigenvalue weighted by molar-refractivity contribution is -0.163. The zero-order valence-electron chi connectivity index (χ0n) is 28.2. The van der Waals surface area contributed by atoms with Crippen molar-refractivity contribution < 1.29 is 14.6 Å². The van der Waals surface area contributed by atoms with Gasteiger partial charge in [-0.15, -0.1) is 5.10 Å². The SMILES string of the molecule is CC(C)CCC[C@@H](C)[C@H]1CC[C@H]2[C@@H]3CC=C4C[C@H](O)CC(OC(=O)/C=C\c5cn(C6CCCCC6)nn5)[C@]4(C)[C@H]3CC[C@]12C. The second-order valence-electron chi connectivity index (χ2n) is 16.4. The molecule has 9 atom stereocenters. The summed E-state index contributed by atoms with van der Waals surface area (Å²) in [6, 6.07) is 0.416. The number of allylic oxidation sites excluding steroid dienone is 1. The van der Waals surface area contributed by atoms with Gasteiger partial charge in [-0.3, -0.25) is 0 Å². The average Bonchev–Trinajstić information content (AvgIpc) is 3.61. The van der Waals surface area contributed by atoms with E-state index in [9.17, 15) is 9.90 Å². The van der Waals surface area contributed by atoms with E-state index >= 15 is 0 Å². The number of fused-ring (bicyclic) bond motifs is 5. The Morgan fingerprint density at radius 1 is 1.09 bits per heavy atom. The quantitative estimate of drug-likeness (QED) is 0.173. The van der Waals surface area contributed by atoms with Gasteiger partial charge in [0.05, 0.1) is 18.3 Å². The van der Waals surface area contributed by atoms with Crippen LogP contribution in [0.2, 0.25) is 0 Å². The first-order chi connectivity index (χ1) is 21.1. The molecule has 5 aliphatic carbocycles. The number of hydrogen-bond acceptors (Lipinski definition) is 5. The molecule has 44 heavy (non-hydrogen) atoms. The lowest BCUT2D eigenvalue weighted by Gasteiger charge is -2.60. The molecule has 5 aliphatic rings. The Labute approximate surface area is 266 Å². The van der Waals surface area contributed by atoms with Gasteiger partial charge in [-0.1, -0.05) is 90.0 Å². The van der Waals surface area contributed by atoms with Crippen molar-refractivity contribution in [3.63, 3.8) is 0 Å². The lowest BCUT2D eigenvalue weighted by atomic mass is 9.46. The molecule has 4 saturated carbocycles. The molecule has 6 heteroatoms. The van der Waals surface area contributed by atoms with Crippen molar-refractivity contribution in [1.82, 2.24) is 15.0 Å². The minimum atomic E-state index is -0.459. The molecule has 0 bridgehead atoms. The number of ether oxygens (including phenoxy) is 1. The summed E-state index contributed by atoms with van der Waals surface area (Å²) in [6.07, 6.45) is 24.6. The molecular weight excluding hydrogens is 546 g/mol.